The highest BCUT2D eigenvalue weighted by molar-refractivity contribution is 9.10. The minimum Gasteiger partial charge on any atom is -0.497 e. The van der Waals surface area contributed by atoms with E-state index in [2.05, 4.69) is 21.2 Å². The van der Waals surface area contributed by atoms with Crippen LogP contribution in [-0.2, 0) is 19.1 Å². The quantitative estimate of drug-likeness (QED) is 0.637. The van der Waals surface area contributed by atoms with Gasteiger partial charge in [0.15, 0.2) is 6.61 Å². The number of anilines is 2. The first-order valence-electron chi connectivity index (χ1n) is 8.73. The van der Waals surface area contributed by atoms with E-state index in [9.17, 15) is 14.4 Å². The second-order valence-electron chi connectivity index (χ2n) is 6.39. The lowest BCUT2D eigenvalue weighted by molar-refractivity contribution is -0.151. The van der Waals surface area contributed by atoms with Crippen LogP contribution in [-0.4, -0.2) is 38.0 Å². The number of methoxy groups -OCH3 is 1. The summed E-state index contributed by atoms with van der Waals surface area (Å²) < 4.78 is 11.0. The summed E-state index contributed by atoms with van der Waals surface area (Å²) in [7, 11) is 1.54. The van der Waals surface area contributed by atoms with Crippen LogP contribution in [0.4, 0.5) is 11.4 Å². The number of halogens is 2. The van der Waals surface area contributed by atoms with Gasteiger partial charge < -0.3 is 19.7 Å². The Bertz CT molecular complexity index is 952. The van der Waals surface area contributed by atoms with Gasteiger partial charge in [-0.2, -0.15) is 0 Å². The first-order chi connectivity index (χ1) is 13.9. The van der Waals surface area contributed by atoms with Crippen LogP contribution in [0.15, 0.2) is 46.9 Å². The predicted molar refractivity (Wildman–Crippen MR) is 112 cm³/mol. The molecule has 1 saturated heterocycles. The van der Waals surface area contributed by atoms with Crippen molar-refractivity contribution in [1.29, 1.82) is 0 Å². The highest BCUT2D eigenvalue weighted by Crippen LogP contribution is 2.28. The molecule has 1 aliphatic rings. The summed E-state index contributed by atoms with van der Waals surface area (Å²) in [6.45, 7) is -0.259. The Morgan fingerprint density at radius 2 is 2.07 bits per heavy atom. The number of rotatable bonds is 6. The fourth-order valence-electron chi connectivity index (χ4n) is 2.92. The van der Waals surface area contributed by atoms with Gasteiger partial charge in [0.05, 0.1) is 18.1 Å². The Labute approximate surface area is 181 Å². The summed E-state index contributed by atoms with van der Waals surface area (Å²) in [5, 5.41) is 3.05. The van der Waals surface area contributed by atoms with Gasteiger partial charge in [-0.15, -0.1) is 0 Å². The van der Waals surface area contributed by atoms with Gasteiger partial charge >= 0.3 is 5.97 Å². The van der Waals surface area contributed by atoms with E-state index in [0.717, 1.165) is 0 Å². The number of benzene rings is 2. The van der Waals surface area contributed by atoms with Crippen molar-refractivity contribution in [2.45, 2.75) is 6.42 Å². The van der Waals surface area contributed by atoms with Crippen LogP contribution in [0.25, 0.3) is 0 Å². The lowest BCUT2D eigenvalue weighted by Gasteiger charge is -2.17. The minimum absolute atomic E-state index is 0.0278. The van der Waals surface area contributed by atoms with Crippen molar-refractivity contribution >= 4 is 56.7 Å². The molecule has 2 amide bonds. The molecule has 152 valence electrons. The van der Waals surface area contributed by atoms with Gasteiger partial charge in [0.25, 0.3) is 5.91 Å². The van der Waals surface area contributed by atoms with E-state index < -0.39 is 24.4 Å². The van der Waals surface area contributed by atoms with Crippen molar-refractivity contribution in [3.63, 3.8) is 0 Å². The molecule has 0 unspecified atom stereocenters. The zero-order valence-electron chi connectivity index (χ0n) is 15.5. The van der Waals surface area contributed by atoms with Crippen LogP contribution < -0.4 is 15.0 Å². The van der Waals surface area contributed by atoms with Crippen molar-refractivity contribution in [3.8, 4) is 5.75 Å². The molecule has 1 fully saturated rings. The van der Waals surface area contributed by atoms with Crippen LogP contribution in [0.1, 0.15) is 6.42 Å². The molecule has 0 aromatic heterocycles. The molecule has 0 saturated carbocycles. The number of esters is 1. The summed E-state index contributed by atoms with van der Waals surface area (Å²) in [5.74, 6) is -1.29. The molecule has 2 aromatic rings. The fourth-order valence-corrected chi connectivity index (χ4v) is 3.35. The number of nitrogens with zero attached hydrogens (tertiary/aromatic N) is 1. The smallest absolute Gasteiger partial charge is 0.311 e. The maximum atomic E-state index is 12.3. The van der Waals surface area contributed by atoms with E-state index in [0.29, 0.717) is 26.6 Å². The van der Waals surface area contributed by atoms with Gasteiger partial charge in [-0.1, -0.05) is 17.7 Å². The highest BCUT2D eigenvalue weighted by Gasteiger charge is 2.36. The topological polar surface area (TPSA) is 84.9 Å². The Morgan fingerprint density at radius 3 is 2.79 bits per heavy atom. The molecule has 0 radical (unpaired) electrons. The van der Waals surface area contributed by atoms with Gasteiger partial charge in [-0.25, -0.2) is 0 Å². The molecular weight excluding hydrogens is 464 g/mol. The minimum atomic E-state index is -0.636. The summed E-state index contributed by atoms with van der Waals surface area (Å²) in [6.07, 6.45) is 0.0278. The Hall–Kier alpha value is -2.58. The van der Waals surface area contributed by atoms with E-state index in [4.69, 9.17) is 21.1 Å². The average Bonchev–Trinajstić information content (AvgIpc) is 3.11. The summed E-state index contributed by atoms with van der Waals surface area (Å²) >= 11 is 9.24. The highest BCUT2D eigenvalue weighted by atomic mass is 79.9. The normalized spacial score (nSPS) is 15.9. The van der Waals surface area contributed by atoms with Gasteiger partial charge in [0.1, 0.15) is 5.75 Å². The molecule has 3 rings (SSSR count). The van der Waals surface area contributed by atoms with Crippen molar-refractivity contribution in [2.24, 2.45) is 5.92 Å². The monoisotopic (exact) mass is 480 g/mol. The maximum Gasteiger partial charge on any atom is 0.311 e. The van der Waals surface area contributed by atoms with E-state index in [-0.39, 0.29) is 18.9 Å². The zero-order chi connectivity index (χ0) is 21.0. The van der Waals surface area contributed by atoms with Gasteiger partial charge in [0, 0.05) is 34.9 Å². The van der Waals surface area contributed by atoms with Crippen LogP contribution in [0, 0.1) is 5.92 Å². The fraction of sp³-hybridized carbons (Fsp3) is 0.250. The molecule has 7 nitrogen and oxygen atoms in total. The molecule has 0 spiro atoms. The van der Waals surface area contributed by atoms with Gasteiger partial charge in [0.2, 0.25) is 5.91 Å². The van der Waals surface area contributed by atoms with E-state index in [1.807, 2.05) is 0 Å². The first-order valence-corrected chi connectivity index (χ1v) is 9.90. The molecule has 0 aliphatic carbocycles. The van der Waals surface area contributed by atoms with Gasteiger partial charge in [-0.3, -0.25) is 14.4 Å². The Kier molecular flexibility index (Phi) is 6.76. The molecule has 1 N–H and O–H groups in total. The molecular formula is C20H18BrClN2O5. The maximum absolute atomic E-state index is 12.3. The third kappa shape index (κ3) is 5.27. The lowest BCUT2D eigenvalue weighted by atomic mass is 10.1. The number of carbonyl (C=O) groups is 3. The van der Waals surface area contributed by atoms with E-state index >= 15 is 0 Å². The second-order valence-corrected chi connectivity index (χ2v) is 7.65. The number of nitrogens with one attached hydrogen (secondary N) is 1. The number of carbonyl (C=O) groups excluding carboxylic acids is 3. The summed E-state index contributed by atoms with van der Waals surface area (Å²) in [4.78, 5) is 38.1. The third-order valence-electron chi connectivity index (χ3n) is 4.37. The predicted octanol–water partition coefficient (Wildman–Crippen LogP) is 3.65. The van der Waals surface area contributed by atoms with Crippen molar-refractivity contribution < 1.29 is 23.9 Å². The second kappa shape index (κ2) is 9.28. The molecule has 1 heterocycles. The summed E-state index contributed by atoms with van der Waals surface area (Å²) in [5.41, 5.74) is 1.13. The third-order valence-corrected chi connectivity index (χ3v) is 5.60. The standard InChI is InChI=1S/C20H18BrClN2O5/c1-28-15-4-2-3-14(9-15)24-10-12(7-19(24)26)20(27)29-11-18(25)23-13-5-6-16(21)17(22)8-13/h2-6,8-9,12H,7,10-11H2,1H3,(H,23,25)/t12-/m1/s1. The Balaban J connectivity index is 1.53. The molecule has 1 aliphatic heterocycles. The molecule has 29 heavy (non-hydrogen) atoms. The number of ether oxygens (including phenoxy) is 2. The van der Waals surface area contributed by atoms with Gasteiger partial charge in [-0.05, 0) is 46.3 Å². The number of hydrogen-bond acceptors (Lipinski definition) is 5. The van der Waals surface area contributed by atoms with E-state index in [1.165, 1.54) is 4.90 Å². The Morgan fingerprint density at radius 1 is 1.28 bits per heavy atom. The van der Waals surface area contributed by atoms with E-state index in [1.54, 1.807) is 49.6 Å². The molecule has 2 aromatic carbocycles. The number of amides is 2. The van der Waals surface area contributed by atoms with Crippen LogP contribution in [0.2, 0.25) is 5.02 Å². The molecule has 9 heteroatoms. The van der Waals surface area contributed by atoms with Crippen molar-refractivity contribution in [3.05, 3.63) is 52.0 Å². The molecule has 0 bridgehead atoms. The van der Waals surface area contributed by atoms with Crippen LogP contribution in [0.5, 0.6) is 5.75 Å². The largest absolute Gasteiger partial charge is 0.497 e. The van der Waals surface area contributed by atoms with Crippen molar-refractivity contribution in [2.75, 3.05) is 30.5 Å². The zero-order valence-corrected chi connectivity index (χ0v) is 17.8. The van der Waals surface area contributed by atoms with Crippen LogP contribution in [0.3, 0.4) is 0 Å². The summed E-state index contributed by atoms with van der Waals surface area (Å²) in [6, 6.07) is 12.0. The average molecular weight is 482 g/mol. The number of hydrogen-bond donors (Lipinski definition) is 1. The van der Waals surface area contributed by atoms with Crippen molar-refractivity contribution in [1.82, 2.24) is 0 Å². The lowest BCUT2D eigenvalue weighted by Crippen LogP contribution is -2.28. The first kappa shape index (κ1) is 21.1. The molecule has 1 atom stereocenters. The van der Waals surface area contributed by atoms with Crippen LogP contribution >= 0.6 is 27.5 Å². The SMILES string of the molecule is COc1cccc(N2C[C@H](C(=O)OCC(=O)Nc3ccc(Br)c(Cl)c3)CC2=O)c1.